The third-order valence-corrected chi connectivity index (χ3v) is 6.74. The van der Waals surface area contributed by atoms with Crippen LogP contribution in [0, 0.1) is 0 Å². The normalized spacial score (nSPS) is 18.2. The van der Waals surface area contributed by atoms with Gasteiger partial charge in [0.2, 0.25) is 10.0 Å². The molecule has 1 aromatic carbocycles. The van der Waals surface area contributed by atoms with Gasteiger partial charge in [-0.05, 0) is 42.7 Å². The van der Waals surface area contributed by atoms with Gasteiger partial charge in [0.25, 0.3) is 0 Å². The van der Waals surface area contributed by atoms with Gasteiger partial charge in [-0.3, -0.25) is 10.1 Å². The van der Waals surface area contributed by atoms with E-state index in [-0.39, 0.29) is 6.10 Å². The van der Waals surface area contributed by atoms with Crippen molar-refractivity contribution in [2.75, 3.05) is 13.1 Å². The van der Waals surface area contributed by atoms with Crippen molar-refractivity contribution in [2.24, 2.45) is 0 Å². The SMILES string of the molecule is O=S(=O)(c1ccc(-c2cn[nH]c2)cc1)N1CCCC(OCc2ccccn2)C1. The third kappa shape index (κ3) is 4.14. The molecule has 4 rings (SSSR count). The first-order valence-corrected chi connectivity index (χ1v) is 10.7. The van der Waals surface area contributed by atoms with Crippen LogP contribution in [0.3, 0.4) is 0 Å². The molecule has 0 saturated carbocycles. The van der Waals surface area contributed by atoms with Gasteiger partial charge in [0, 0.05) is 31.0 Å². The van der Waals surface area contributed by atoms with E-state index in [0.717, 1.165) is 29.7 Å². The summed E-state index contributed by atoms with van der Waals surface area (Å²) in [5, 5.41) is 6.68. The number of hydrogen-bond donors (Lipinski definition) is 1. The number of H-pyrrole nitrogens is 1. The molecule has 1 atom stereocenters. The molecule has 0 aliphatic carbocycles. The molecule has 1 fully saturated rings. The Morgan fingerprint density at radius 2 is 2.00 bits per heavy atom. The summed E-state index contributed by atoms with van der Waals surface area (Å²) in [5.41, 5.74) is 2.69. The van der Waals surface area contributed by atoms with Gasteiger partial charge in [0.1, 0.15) is 0 Å². The van der Waals surface area contributed by atoms with Crippen molar-refractivity contribution in [3.05, 3.63) is 66.7 Å². The number of nitrogens with zero attached hydrogens (tertiary/aromatic N) is 3. The van der Waals surface area contributed by atoms with E-state index in [0.29, 0.717) is 24.6 Å². The smallest absolute Gasteiger partial charge is 0.243 e. The van der Waals surface area contributed by atoms with E-state index in [4.69, 9.17) is 4.74 Å². The quantitative estimate of drug-likeness (QED) is 0.690. The lowest BCUT2D eigenvalue weighted by Gasteiger charge is -2.31. The van der Waals surface area contributed by atoms with Gasteiger partial charge in [0.15, 0.2) is 0 Å². The van der Waals surface area contributed by atoms with Crippen LogP contribution in [0.5, 0.6) is 0 Å². The standard InChI is InChI=1S/C20H22N4O3S/c25-28(26,20-8-6-16(7-9-20)17-12-22-23-13-17)24-11-3-5-19(14-24)27-15-18-4-1-2-10-21-18/h1-2,4,6-10,12-13,19H,3,5,11,14-15H2,(H,22,23). The number of sulfonamides is 1. The van der Waals surface area contributed by atoms with Crippen LogP contribution < -0.4 is 0 Å². The minimum atomic E-state index is -3.55. The molecule has 2 aromatic heterocycles. The van der Waals surface area contributed by atoms with Crippen molar-refractivity contribution >= 4 is 10.0 Å². The number of aromatic amines is 1. The molecule has 0 amide bonds. The Morgan fingerprint density at radius 1 is 1.14 bits per heavy atom. The number of rotatable bonds is 6. The van der Waals surface area contributed by atoms with E-state index in [2.05, 4.69) is 15.2 Å². The zero-order chi connectivity index (χ0) is 19.4. The first-order valence-electron chi connectivity index (χ1n) is 9.24. The zero-order valence-electron chi connectivity index (χ0n) is 15.4. The number of ether oxygens (including phenoxy) is 1. The van der Waals surface area contributed by atoms with Gasteiger partial charge in [-0.25, -0.2) is 8.42 Å². The summed E-state index contributed by atoms with van der Waals surface area (Å²) < 4.78 is 33.5. The molecule has 7 nitrogen and oxygen atoms in total. The maximum Gasteiger partial charge on any atom is 0.243 e. The maximum atomic E-state index is 13.0. The molecular weight excluding hydrogens is 376 g/mol. The fourth-order valence-electron chi connectivity index (χ4n) is 3.32. The monoisotopic (exact) mass is 398 g/mol. The molecule has 1 unspecified atom stereocenters. The van der Waals surface area contributed by atoms with E-state index < -0.39 is 10.0 Å². The summed E-state index contributed by atoms with van der Waals surface area (Å²) in [6.45, 7) is 1.26. The average molecular weight is 398 g/mol. The molecule has 0 spiro atoms. The lowest BCUT2D eigenvalue weighted by molar-refractivity contribution is 0.00666. The fraction of sp³-hybridized carbons (Fsp3) is 0.300. The van der Waals surface area contributed by atoms with Gasteiger partial charge in [-0.15, -0.1) is 0 Å². The maximum absolute atomic E-state index is 13.0. The topological polar surface area (TPSA) is 88.2 Å². The third-order valence-electron chi connectivity index (χ3n) is 4.86. The number of pyridine rings is 1. The zero-order valence-corrected chi connectivity index (χ0v) is 16.2. The van der Waals surface area contributed by atoms with Crippen LogP contribution in [0.15, 0.2) is 66.0 Å². The second-order valence-electron chi connectivity index (χ2n) is 6.77. The van der Waals surface area contributed by atoms with Gasteiger partial charge in [-0.1, -0.05) is 18.2 Å². The van der Waals surface area contributed by atoms with Crippen LogP contribution >= 0.6 is 0 Å². The Kier molecular flexibility index (Phi) is 5.52. The molecule has 8 heteroatoms. The summed E-state index contributed by atoms with van der Waals surface area (Å²) in [6, 6.07) is 12.6. The summed E-state index contributed by atoms with van der Waals surface area (Å²) in [5.74, 6) is 0. The van der Waals surface area contributed by atoms with Gasteiger partial charge >= 0.3 is 0 Å². The summed E-state index contributed by atoms with van der Waals surface area (Å²) in [4.78, 5) is 4.54. The van der Waals surface area contributed by atoms with Crippen LogP contribution in [0.2, 0.25) is 0 Å². The Balaban J connectivity index is 1.43. The van der Waals surface area contributed by atoms with Gasteiger partial charge < -0.3 is 4.74 Å². The lowest BCUT2D eigenvalue weighted by atomic mass is 10.1. The molecule has 1 N–H and O–H groups in total. The van der Waals surface area contributed by atoms with E-state index in [9.17, 15) is 8.42 Å². The highest BCUT2D eigenvalue weighted by Crippen LogP contribution is 2.25. The van der Waals surface area contributed by atoms with Crippen LogP contribution in [-0.2, 0) is 21.4 Å². The van der Waals surface area contributed by atoms with Gasteiger partial charge in [-0.2, -0.15) is 9.40 Å². The Hall–Kier alpha value is -2.55. The average Bonchev–Trinajstić information content (AvgIpc) is 3.28. The van der Waals surface area contributed by atoms with Crippen molar-refractivity contribution in [3.63, 3.8) is 0 Å². The van der Waals surface area contributed by atoms with Crippen molar-refractivity contribution in [1.29, 1.82) is 0 Å². The van der Waals surface area contributed by atoms with E-state index in [1.807, 2.05) is 18.2 Å². The highest BCUT2D eigenvalue weighted by molar-refractivity contribution is 7.89. The minimum Gasteiger partial charge on any atom is -0.371 e. The molecule has 146 valence electrons. The largest absolute Gasteiger partial charge is 0.371 e. The second kappa shape index (κ2) is 8.22. The predicted octanol–water partition coefficient (Wildman–Crippen LogP) is 2.84. The van der Waals surface area contributed by atoms with E-state index in [1.165, 1.54) is 4.31 Å². The first kappa shape index (κ1) is 18.8. The van der Waals surface area contributed by atoms with Crippen LogP contribution in [0.1, 0.15) is 18.5 Å². The molecule has 1 saturated heterocycles. The predicted molar refractivity (Wildman–Crippen MR) is 105 cm³/mol. The number of benzene rings is 1. The Bertz CT molecular complexity index is 990. The van der Waals surface area contributed by atoms with Crippen LogP contribution in [-0.4, -0.2) is 47.1 Å². The van der Waals surface area contributed by atoms with Gasteiger partial charge in [0.05, 0.1) is 29.5 Å². The number of piperidine rings is 1. The van der Waals surface area contributed by atoms with Crippen molar-refractivity contribution in [2.45, 2.75) is 30.4 Å². The van der Waals surface area contributed by atoms with Crippen LogP contribution in [0.4, 0.5) is 0 Å². The molecule has 3 heterocycles. The molecule has 3 aromatic rings. The Labute approximate surface area is 164 Å². The molecule has 0 bridgehead atoms. The Morgan fingerprint density at radius 3 is 2.71 bits per heavy atom. The number of nitrogens with one attached hydrogen (secondary N) is 1. The van der Waals surface area contributed by atoms with Crippen molar-refractivity contribution in [1.82, 2.24) is 19.5 Å². The highest BCUT2D eigenvalue weighted by atomic mass is 32.2. The lowest BCUT2D eigenvalue weighted by Crippen LogP contribution is -2.43. The summed E-state index contributed by atoms with van der Waals surface area (Å²) >= 11 is 0. The van der Waals surface area contributed by atoms with Crippen molar-refractivity contribution in [3.8, 4) is 11.1 Å². The highest BCUT2D eigenvalue weighted by Gasteiger charge is 2.30. The molecule has 1 aliphatic heterocycles. The van der Waals surface area contributed by atoms with E-state index >= 15 is 0 Å². The first-order chi connectivity index (χ1) is 13.6. The molecule has 28 heavy (non-hydrogen) atoms. The fourth-order valence-corrected chi connectivity index (χ4v) is 4.83. The number of hydrogen-bond acceptors (Lipinski definition) is 5. The van der Waals surface area contributed by atoms with E-state index in [1.54, 1.807) is 42.9 Å². The number of aromatic nitrogens is 3. The molecule has 1 aliphatic rings. The molecule has 0 radical (unpaired) electrons. The molecular formula is C20H22N4O3S. The summed E-state index contributed by atoms with van der Waals surface area (Å²) in [7, 11) is -3.55. The minimum absolute atomic E-state index is 0.129. The summed E-state index contributed by atoms with van der Waals surface area (Å²) in [6.07, 6.45) is 6.70. The van der Waals surface area contributed by atoms with Crippen LogP contribution in [0.25, 0.3) is 11.1 Å². The van der Waals surface area contributed by atoms with Crippen molar-refractivity contribution < 1.29 is 13.2 Å². The second-order valence-corrected chi connectivity index (χ2v) is 8.71.